The number of rotatable bonds is 5. The second kappa shape index (κ2) is 6.91. The summed E-state index contributed by atoms with van der Waals surface area (Å²) in [5, 5.41) is 12.8. The first-order chi connectivity index (χ1) is 10.00. The van der Waals surface area contributed by atoms with Crippen LogP contribution >= 0.6 is 0 Å². The lowest BCUT2D eigenvalue weighted by molar-refractivity contribution is -0.118. The zero-order chi connectivity index (χ0) is 15.3. The van der Waals surface area contributed by atoms with Crippen molar-refractivity contribution in [1.29, 1.82) is 0 Å². The third-order valence-electron chi connectivity index (χ3n) is 3.76. The molecule has 2 N–H and O–H groups in total. The van der Waals surface area contributed by atoms with Crippen molar-refractivity contribution in [3.8, 4) is 5.75 Å². The van der Waals surface area contributed by atoms with Gasteiger partial charge in [0.25, 0.3) is 0 Å². The lowest BCUT2D eigenvalue weighted by Crippen LogP contribution is -2.45. The summed E-state index contributed by atoms with van der Waals surface area (Å²) < 4.78 is 5.49. The van der Waals surface area contributed by atoms with Gasteiger partial charge in [0.1, 0.15) is 5.75 Å². The molecule has 0 saturated carbocycles. The van der Waals surface area contributed by atoms with E-state index in [1.54, 1.807) is 0 Å². The molecule has 0 aliphatic carbocycles. The fraction of sp³-hybridized carbons (Fsp3) is 0.562. The summed E-state index contributed by atoms with van der Waals surface area (Å²) in [5.41, 5.74) is 0.113. The van der Waals surface area contributed by atoms with E-state index >= 15 is 0 Å². The molecule has 1 aromatic rings. The molecule has 1 aliphatic heterocycles. The molecule has 1 fully saturated rings. The van der Waals surface area contributed by atoms with Crippen LogP contribution in [0.1, 0.15) is 26.7 Å². The predicted molar refractivity (Wildman–Crippen MR) is 82.5 cm³/mol. The van der Waals surface area contributed by atoms with Crippen molar-refractivity contribution in [2.24, 2.45) is 0 Å². The summed E-state index contributed by atoms with van der Waals surface area (Å²) in [6, 6.07) is 7.44. The van der Waals surface area contributed by atoms with E-state index in [-0.39, 0.29) is 5.91 Å². The van der Waals surface area contributed by atoms with Crippen molar-refractivity contribution in [2.45, 2.75) is 32.3 Å². The molecule has 5 heteroatoms. The SMILES string of the molecule is CCOc1ccccc1NC(=O)CN1CCC(C)(O)CC1. The van der Waals surface area contributed by atoms with Crippen LogP contribution < -0.4 is 10.1 Å². The maximum atomic E-state index is 12.1. The Balaban J connectivity index is 1.88. The molecule has 0 atom stereocenters. The number of anilines is 1. The quantitative estimate of drug-likeness (QED) is 0.870. The van der Waals surface area contributed by atoms with Crippen molar-refractivity contribution in [3.05, 3.63) is 24.3 Å². The number of hydrogen-bond acceptors (Lipinski definition) is 4. The second-order valence-corrected chi connectivity index (χ2v) is 5.75. The van der Waals surface area contributed by atoms with Crippen molar-refractivity contribution in [3.63, 3.8) is 0 Å². The van der Waals surface area contributed by atoms with Crippen molar-refractivity contribution in [2.75, 3.05) is 31.6 Å². The summed E-state index contributed by atoms with van der Waals surface area (Å²) in [5.74, 6) is 0.638. The smallest absolute Gasteiger partial charge is 0.238 e. The Morgan fingerprint density at radius 2 is 2.05 bits per heavy atom. The molecule has 1 aromatic carbocycles. The fourth-order valence-electron chi connectivity index (χ4n) is 2.44. The molecule has 0 bridgehead atoms. The van der Waals surface area contributed by atoms with Gasteiger partial charge in [0, 0.05) is 13.1 Å². The van der Waals surface area contributed by atoms with Crippen LogP contribution in [0.2, 0.25) is 0 Å². The third kappa shape index (κ3) is 4.72. The summed E-state index contributed by atoms with van der Waals surface area (Å²) in [4.78, 5) is 14.2. The number of ether oxygens (including phenoxy) is 1. The van der Waals surface area contributed by atoms with Crippen molar-refractivity contribution >= 4 is 11.6 Å². The number of aliphatic hydroxyl groups is 1. The zero-order valence-corrected chi connectivity index (χ0v) is 12.8. The first kappa shape index (κ1) is 15.8. The minimum Gasteiger partial charge on any atom is -0.492 e. The molecule has 0 aromatic heterocycles. The van der Waals surface area contributed by atoms with E-state index in [2.05, 4.69) is 10.2 Å². The molecule has 1 amide bonds. The van der Waals surface area contributed by atoms with Gasteiger partial charge in [-0.3, -0.25) is 9.69 Å². The van der Waals surface area contributed by atoms with Crippen molar-refractivity contribution in [1.82, 2.24) is 4.90 Å². The van der Waals surface area contributed by atoms with Gasteiger partial charge in [-0.2, -0.15) is 0 Å². The number of nitrogens with zero attached hydrogens (tertiary/aromatic N) is 1. The van der Waals surface area contributed by atoms with Gasteiger partial charge in [-0.05, 0) is 38.8 Å². The van der Waals surface area contributed by atoms with Crippen LogP contribution in [0.25, 0.3) is 0 Å². The van der Waals surface area contributed by atoms with E-state index in [1.165, 1.54) is 0 Å². The summed E-state index contributed by atoms with van der Waals surface area (Å²) in [6.07, 6.45) is 1.41. The normalized spacial score (nSPS) is 18.2. The molecular weight excluding hydrogens is 268 g/mol. The number of nitrogens with one attached hydrogen (secondary N) is 1. The van der Waals surface area contributed by atoms with Gasteiger partial charge in [-0.25, -0.2) is 0 Å². The number of para-hydroxylation sites is 2. The van der Waals surface area contributed by atoms with Gasteiger partial charge in [-0.1, -0.05) is 12.1 Å². The zero-order valence-electron chi connectivity index (χ0n) is 12.8. The monoisotopic (exact) mass is 292 g/mol. The molecule has 1 saturated heterocycles. The highest BCUT2D eigenvalue weighted by atomic mass is 16.5. The van der Waals surface area contributed by atoms with Gasteiger partial charge in [0.05, 0.1) is 24.4 Å². The number of likely N-dealkylation sites (tertiary alicyclic amines) is 1. The number of amides is 1. The molecule has 1 aliphatic rings. The molecule has 0 radical (unpaired) electrons. The number of benzene rings is 1. The highest BCUT2D eigenvalue weighted by Gasteiger charge is 2.28. The standard InChI is InChI=1S/C16H24N2O3/c1-3-21-14-7-5-4-6-13(14)17-15(19)12-18-10-8-16(2,20)9-11-18/h4-7,20H,3,8-12H2,1-2H3,(H,17,19). The van der Waals surface area contributed by atoms with Gasteiger partial charge < -0.3 is 15.2 Å². The Hall–Kier alpha value is -1.59. The minimum atomic E-state index is -0.589. The lowest BCUT2D eigenvalue weighted by atomic mass is 9.94. The molecule has 0 spiro atoms. The molecule has 116 valence electrons. The average Bonchev–Trinajstić information content (AvgIpc) is 2.44. The van der Waals surface area contributed by atoms with Crippen LogP contribution in [0.4, 0.5) is 5.69 Å². The van der Waals surface area contributed by atoms with E-state index < -0.39 is 5.60 Å². The third-order valence-corrected chi connectivity index (χ3v) is 3.76. The number of carbonyl (C=O) groups excluding carboxylic acids is 1. The van der Waals surface area contributed by atoms with Crippen molar-refractivity contribution < 1.29 is 14.6 Å². The Morgan fingerprint density at radius 3 is 2.71 bits per heavy atom. The number of piperidine rings is 1. The number of hydrogen-bond donors (Lipinski definition) is 2. The molecule has 1 heterocycles. The fourth-order valence-corrected chi connectivity index (χ4v) is 2.44. The minimum absolute atomic E-state index is 0.0521. The van der Waals surface area contributed by atoms with E-state index in [9.17, 15) is 9.90 Å². The Labute approximate surface area is 125 Å². The largest absolute Gasteiger partial charge is 0.492 e. The van der Waals surface area contributed by atoms with E-state index in [4.69, 9.17) is 4.74 Å². The van der Waals surface area contributed by atoms with Crippen LogP contribution in [-0.2, 0) is 4.79 Å². The average molecular weight is 292 g/mol. The maximum absolute atomic E-state index is 12.1. The van der Waals surface area contributed by atoms with Crippen LogP contribution in [0.15, 0.2) is 24.3 Å². The van der Waals surface area contributed by atoms with E-state index in [1.807, 2.05) is 38.1 Å². The molecule has 5 nitrogen and oxygen atoms in total. The van der Waals surface area contributed by atoms with Crippen LogP contribution in [-0.4, -0.2) is 47.8 Å². The highest BCUT2D eigenvalue weighted by molar-refractivity contribution is 5.93. The van der Waals surface area contributed by atoms with E-state index in [0.717, 1.165) is 13.1 Å². The first-order valence-electron chi connectivity index (χ1n) is 7.46. The summed E-state index contributed by atoms with van der Waals surface area (Å²) in [6.45, 7) is 6.16. The van der Waals surface area contributed by atoms with Gasteiger partial charge in [0.15, 0.2) is 0 Å². The van der Waals surface area contributed by atoms with Crippen LogP contribution in [0, 0.1) is 0 Å². The molecule has 0 unspecified atom stereocenters. The lowest BCUT2D eigenvalue weighted by Gasteiger charge is -2.35. The molecular formula is C16H24N2O3. The maximum Gasteiger partial charge on any atom is 0.238 e. The van der Waals surface area contributed by atoms with E-state index in [0.29, 0.717) is 37.4 Å². The van der Waals surface area contributed by atoms with Gasteiger partial charge >= 0.3 is 0 Å². The topological polar surface area (TPSA) is 61.8 Å². The molecule has 21 heavy (non-hydrogen) atoms. The molecule has 2 rings (SSSR count). The van der Waals surface area contributed by atoms with Gasteiger partial charge in [-0.15, -0.1) is 0 Å². The Morgan fingerprint density at radius 1 is 1.38 bits per heavy atom. The second-order valence-electron chi connectivity index (χ2n) is 5.75. The Kier molecular flexibility index (Phi) is 5.20. The van der Waals surface area contributed by atoms with Gasteiger partial charge in [0.2, 0.25) is 5.91 Å². The first-order valence-corrected chi connectivity index (χ1v) is 7.46. The predicted octanol–water partition coefficient (Wildman–Crippen LogP) is 1.87. The Bertz CT molecular complexity index is 478. The van der Waals surface area contributed by atoms with Crippen LogP contribution in [0.3, 0.4) is 0 Å². The number of carbonyl (C=O) groups is 1. The van der Waals surface area contributed by atoms with Crippen LogP contribution in [0.5, 0.6) is 5.75 Å². The highest BCUT2D eigenvalue weighted by Crippen LogP contribution is 2.24. The summed E-state index contributed by atoms with van der Waals surface area (Å²) in [7, 11) is 0. The summed E-state index contributed by atoms with van der Waals surface area (Å²) >= 11 is 0.